The lowest BCUT2D eigenvalue weighted by atomic mass is 10.2. The number of benzene rings is 1. The molecule has 0 saturated heterocycles. The Morgan fingerprint density at radius 3 is 2.91 bits per heavy atom. The van der Waals surface area contributed by atoms with Crippen LogP contribution in [0.3, 0.4) is 0 Å². The summed E-state index contributed by atoms with van der Waals surface area (Å²) in [4.78, 5) is 29.2. The second-order valence-corrected chi connectivity index (χ2v) is 6.27. The summed E-state index contributed by atoms with van der Waals surface area (Å²) < 4.78 is 26.4. The van der Waals surface area contributed by atoms with Crippen LogP contribution in [0.1, 0.15) is 10.4 Å². The molecule has 3 rings (SSSR count). The third-order valence-electron chi connectivity index (χ3n) is 2.94. The number of fused-ring (bicyclic) bond motifs is 1. The SMILES string of the molecule is O=C(Nc1ccccc1SC(F)F)c1cnc2sccn2c1=O. The third kappa shape index (κ3) is 3.25. The van der Waals surface area contributed by atoms with Crippen molar-refractivity contribution in [1.82, 2.24) is 9.38 Å². The number of thiazole rings is 1. The van der Waals surface area contributed by atoms with Crippen molar-refractivity contribution in [2.45, 2.75) is 10.7 Å². The van der Waals surface area contributed by atoms with E-state index in [0.29, 0.717) is 16.7 Å². The van der Waals surface area contributed by atoms with Gasteiger partial charge in [-0.05, 0) is 12.1 Å². The van der Waals surface area contributed by atoms with E-state index >= 15 is 0 Å². The number of rotatable bonds is 4. The number of carbonyl (C=O) groups excluding carboxylic acids is 1. The molecule has 118 valence electrons. The number of aromatic nitrogens is 2. The Balaban J connectivity index is 1.92. The van der Waals surface area contributed by atoms with Crippen molar-refractivity contribution in [2.24, 2.45) is 0 Å². The number of halogens is 2. The van der Waals surface area contributed by atoms with Crippen LogP contribution in [0.4, 0.5) is 14.5 Å². The quantitative estimate of drug-likeness (QED) is 0.731. The predicted octanol–water partition coefficient (Wildman–Crippen LogP) is 3.32. The van der Waals surface area contributed by atoms with Crippen LogP contribution in [-0.4, -0.2) is 21.0 Å². The molecule has 1 amide bonds. The molecule has 0 fully saturated rings. The Hall–Kier alpha value is -2.26. The molecule has 9 heteroatoms. The van der Waals surface area contributed by atoms with E-state index in [4.69, 9.17) is 0 Å². The van der Waals surface area contributed by atoms with E-state index in [0.717, 1.165) is 0 Å². The van der Waals surface area contributed by atoms with Gasteiger partial charge in [-0.1, -0.05) is 23.9 Å². The first kappa shape index (κ1) is 15.6. The number of nitrogens with zero attached hydrogens (tertiary/aromatic N) is 2. The predicted molar refractivity (Wildman–Crippen MR) is 85.6 cm³/mol. The van der Waals surface area contributed by atoms with E-state index in [9.17, 15) is 18.4 Å². The van der Waals surface area contributed by atoms with Gasteiger partial charge in [0.2, 0.25) is 0 Å². The Morgan fingerprint density at radius 2 is 2.13 bits per heavy atom. The maximum absolute atomic E-state index is 12.6. The van der Waals surface area contributed by atoms with Crippen molar-refractivity contribution >= 4 is 39.7 Å². The number of amides is 1. The van der Waals surface area contributed by atoms with Crippen LogP contribution in [0.5, 0.6) is 0 Å². The number of alkyl halides is 2. The average molecular weight is 353 g/mol. The maximum Gasteiger partial charge on any atom is 0.288 e. The second kappa shape index (κ2) is 6.47. The monoisotopic (exact) mass is 353 g/mol. The van der Waals surface area contributed by atoms with Crippen LogP contribution in [0.2, 0.25) is 0 Å². The molecule has 1 aromatic carbocycles. The van der Waals surface area contributed by atoms with E-state index in [1.54, 1.807) is 17.5 Å². The zero-order valence-electron chi connectivity index (χ0n) is 11.4. The summed E-state index contributed by atoms with van der Waals surface area (Å²) in [7, 11) is 0. The molecule has 23 heavy (non-hydrogen) atoms. The third-order valence-corrected chi connectivity index (χ3v) is 4.50. The summed E-state index contributed by atoms with van der Waals surface area (Å²) in [6.45, 7) is 0. The van der Waals surface area contributed by atoms with Crippen molar-refractivity contribution in [3.8, 4) is 0 Å². The van der Waals surface area contributed by atoms with E-state index < -0.39 is 17.2 Å². The first-order valence-corrected chi connectivity index (χ1v) is 8.12. The van der Waals surface area contributed by atoms with Gasteiger partial charge >= 0.3 is 0 Å². The molecule has 0 radical (unpaired) electrons. The van der Waals surface area contributed by atoms with Gasteiger partial charge in [-0.2, -0.15) is 8.78 Å². The van der Waals surface area contributed by atoms with Crippen LogP contribution in [-0.2, 0) is 0 Å². The lowest BCUT2D eigenvalue weighted by Gasteiger charge is -2.10. The highest BCUT2D eigenvalue weighted by Gasteiger charge is 2.16. The zero-order chi connectivity index (χ0) is 16.4. The molecule has 3 aromatic rings. The van der Waals surface area contributed by atoms with Crippen LogP contribution < -0.4 is 10.9 Å². The highest BCUT2D eigenvalue weighted by Crippen LogP contribution is 2.31. The minimum atomic E-state index is -2.61. The van der Waals surface area contributed by atoms with Gasteiger partial charge in [0, 0.05) is 22.7 Å². The Morgan fingerprint density at radius 1 is 1.35 bits per heavy atom. The van der Waals surface area contributed by atoms with Gasteiger partial charge in [-0.3, -0.25) is 14.0 Å². The molecule has 0 unspecified atom stereocenters. The van der Waals surface area contributed by atoms with Gasteiger partial charge in [0.05, 0.1) is 5.69 Å². The summed E-state index contributed by atoms with van der Waals surface area (Å²) >= 11 is 1.59. The van der Waals surface area contributed by atoms with E-state index in [1.165, 1.54) is 40.3 Å². The molecular weight excluding hydrogens is 344 g/mol. The average Bonchev–Trinajstić information content (AvgIpc) is 2.98. The van der Waals surface area contributed by atoms with Gasteiger partial charge in [0.25, 0.3) is 17.2 Å². The van der Waals surface area contributed by atoms with E-state index in [-0.39, 0.29) is 16.1 Å². The van der Waals surface area contributed by atoms with Crippen LogP contribution in [0, 0.1) is 0 Å². The molecule has 1 N–H and O–H groups in total. The first-order chi connectivity index (χ1) is 11.1. The molecule has 0 aliphatic carbocycles. The number of anilines is 1. The fourth-order valence-corrected chi connectivity index (χ4v) is 3.21. The van der Waals surface area contributed by atoms with Crippen molar-refractivity contribution in [3.63, 3.8) is 0 Å². The van der Waals surface area contributed by atoms with Crippen molar-refractivity contribution in [2.75, 3.05) is 5.32 Å². The number of para-hydroxylation sites is 1. The Labute approximate surface area is 137 Å². The summed E-state index contributed by atoms with van der Waals surface area (Å²) in [5.74, 6) is -3.30. The summed E-state index contributed by atoms with van der Waals surface area (Å²) in [5.41, 5.74) is -0.442. The minimum absolute atomic E-state index is 0.155. The molecule has 2 heterocycles. The Kier molecular flexibility index (Phi) is 4.39. The van der Waals surface area contributed by atoms with E-state index in [2.05, 4.69) is 10.3 Å². The van der Waals surface area contributed by atoms with Crippen molar-refractivity contribution in [3.05, 3.63) is 58.0 Å². The van der Waals surface area contributed by atoms with Gasteiger partial charge < -0.3 is 5.32 Å². The molecule has 2 aromatic heterocycles. The van der Waals surface area contributed by atoms with Crippen LogP contribution >= 0.6 is 23.1 Å². The largest absolute Gasteiger partial charge is 0.321 e. The highest BCUT2D eigenvalue weighted by atomic mass is 32.2. The summed E-state index contributed by atoms with van der Waals surface area (Å²) in [6.07, 6.45) is 2.71. The summed E-state index contributed by atoms with van der Waals surface area (Å²) in [5, 5.41) is 4.17. The van der Waals surface area contributed by atoms with Crippen LogP contribution in [0.25, 0.3) is 4.96 Å². The number of thioether (sulfide) groups is 1. The van der Waals surface area contributed by atoms with Gasteiger partial charge in [-0.25, -0.2) is 4.98 Å². The minimum Gasteiger partial charge on any atom is -0.321 e. The second-order valence-electron chi connectivity index (χ2n) is 4.36. The number of carbonyl (C=O) groups is 1. The lowest BCUT2D eigenvalue weighted by Crippen LogP contribution is -2.26. The number of hydrogen-bond acceptors (Lipinski definition) is 5. The lowest BCUT2D eigenvalue weighted by molar-refractivity contribution is 0.102. The van der Waals surface area contributed by atoms with Crippen LogP contribution in [0.15, 0.2) is 51.7 Å². The number of hydrogen-bond donors (Lipinski definition) is 1. The molecule has 0 atom stereocenters. The Bertz CT molecular complexity index is 924. The number of nitrogens with one attached hydrogen (secondary N) is 1. The molecule has 0 saturated carbocycles. The first-order valence-electron chi connectivity index (χ1n) is 6.36. The molecule has 0 aliphatic heterocycles. The van der Waals surface area contributed by atoms with Crippen molar-refractivity contribution in [1.29, 1.82) is 0 Å². The van der Waals surface area contributed by atoms with Gasteiger partial charge in [0.1, 0.15) is 5.56 Å². The molecular formula is C14H9F2N3O2S2. The van der Waals surface area contributed by atoms with Gasteiger partial charge in [-0.15, -0.1) is 11.3 Å². The standard InChI is InChI=1S/C14H9F2N3O2S2/c15-13(16)23-10-4-2-1-3-9(10)18-11(20)8-7-17-14-19(12(8)21)5-6-22-14/h1-7,13H,(H,18,20). The normalized spacial score (nSPS) is 11.1. The van der Waals surface area contributed by atoms with Crippen molar-refractivity contribution < 1.29 is 13.6 Å². The molecule has 5 nitrogen and oxygen atoms in total. The fraction of sp³-hybridized carbons (Fsp3) is 0.0714. The smallest absolute Gasteiger partial charge is 0.288 e. The fourth-order valence-electron chi connectivity index (χ4n) is 1.94. The molecule has 0 bridgehead atoms. The van der Waals surface area contributed by atoms with Gasteiger partial charge in [0.15, 0.2) is 4.96 Å². The topological polar surface area (TPSA) is 63.5 Å². The highest BCUT2D eigenvalue weighted by molar-refractivity contribution is 7.99. The zero-order valence-corrected chi connectivity index (χ0v) is 13.0. The molecule has 0 spiro atoms. The molecule has 0 aliphatic rings. The summed E-state index contributed by atoms with van der Waals surface area (Å²) in [6, 6.07) is 6.17. The maximum atomic E-state index is 12.6. The van der Waals surface area contributed by atoms with E-state index in [1.807, 2.05) is 0 Å².